The van der Waals surface area contributed by atoms with Crippen molar-refractivity contribution in [1.29, 1.82) is 0 Å². The van der Waals surface area contributed by atoms with Gasteiger partial charge in [0.1, 0.15) is 30.0 Å². The number of nitrogens with two attached hydrogens (primary N) is 1. The number of carbonyl (C=O) groups is 2. The number of nitrogens with one attached hydrogen (secondary N) is 2. The van der Waals surface area contributed by atoms with E-state index in [9.17, 15) is 23.5 Å². The number of carbonyl (C=O) groups excluding carboxylic acids is 1. The van der Waals surface area contributed by atoms with E-state index in [1.165, 1.54) is 12.1 Å². The third-order valence-corrected chi connectivity index (χ3v) is 3.99. The highest BCUT2D eigenvalue weighted by Gasteiger charge is 2.19. The van der Waals surface area contributed by atoms with Crippen molar-refractivity contribution in [3.63, 3.8) is 0 Å². The number of urea groups is 1. The molecule has 0 radical (unpaired) electrons. The molecule has 29 heavy (non-hydrogen) atoms. The van der Waals surface area contributed by atoms with Gasteiger partial charge in [0.15, 0.2) is 0 Å². The number of anilines is 1. The van der Waals surface area contributed by atoms with Crippen LogP contribution in [0.3, 0.4) is 0 Å². The number of unbranched alkanes of at least 4 members (excludes halogenated alkanes) is 1. The molecule has 0 saturated heterocycles. The van der Waals surface area contributed by atoms with Gasteiger partial charge in [-0.15, -0.1) is 0 Å². The Kier molecular flexibility index (Phi) is 8.35. The second kappa shape index (κ2) is 11.0. The Morgan fingerprint density at radius 2 is 1.72 bits per heavy atom. The lowest BCUT2D eigenvalue weighted by Crippen LogP contribution is -2.43. The van der Waals surface area contributed by atoms with Gasteiger partial charge in [0.25, 0.3) is 0 Å². The summed E-state index contributed by atoms with van der Waals surface area (Å²) in [5, 5.41) is 14.1. The van der Waals surface area contributed by atoms with Crippen LogP contribution in [0.2, 0.25) is 0 Å². The summed E-state index contributed by atoms with van der Waals surface area (Å²) in [6.07, 6.45) is 1.55. The molecule has 0 aliphatic carbocycles. The van der Waals surface area contributed by atoms with Crippen molar-refractivity contribution in [2.24, 2.45) is 5.73 Å². The molecule has 0 aliphatic rings. The van der Waals surface area contributed by atoms with Gasteiger partial charge in [-0.25, -0.2) is 18.4 Å². The van der Waals surface area contributed by atoms with Crippen LogP contribution >= 0.6 is 0 Å². The fraction of sp³-hybridized carbons (Fsp3) is 0.300. The van der Waals surface area contributed by atoms with E-state index in [2.05, 4.69) is 10.6 Å². The molecule has 1 atom stereocenters. The van der Waals surface area contributed by atoms with Gasteiger partial charge < -0.3 is 26.2 Å². The Balaban J connectivity index is 1.85. The standard InChI is InChI=1S/C20H23F2N3O4/c21-14-9-13(10-15(22)11-14)12-29-17-6-4-16(5-7-17)24-20(28)25-18(19(26)27)3-1-2-8-23/h4-7,9-11,18H,1-3,8,12,23H2,(H,26,27)(H2,24,25,28). The molecule has 0 aromatic heterocycles. The van der Waals surface area contributed by atoms with Gasteiger partial charge in [0.05, 0.1) is 0 Å². The van der Waals surface area contributed by atoms with E-state index in [0.717, 1.165) is 6.07 Å². The Morgan fingerprint density at radius 1 is 1.07 bits per heavy atom. The third kappa shape index (κ3) is 7.74. The molecular formula is C20H23F2N3O4. The minimum atomic E-state index is -1.12. The zero-order chi connectivity index (χ0) is 21.2. The Bertz CT molecular complexity index is 811. The van der Waals surface area contributed by atoms with Crippen LogP contribution < -0.4 is 21.1 Å². The third-order valence-electron chi connectivity index (χ3n) is 3.99. The second-order valence-electron chi connectivity index (χ2n) is 6.36. The summed E-state index contributed by atoms with van der Waals surface area (Å²) in [7, 11) is 0. The first kappa shape index (κ1) is 22.1. The molecular weight excluding hydrogens is 384 g/mol. The molecule has 0 bridgehead atoms. The highest BCUT2D eigenvalue weighted by Crippen LogP contribution is 2.18. The van der Waals surface area contributed by atoms with Crippen molar-refractivity contribution in [2.45, 2.75) is 31.9 Å². The molecule has 7 nitrogen and oxygen atoms in total. The van der Waals surface area contributed by atoms with Crippen molar-refractivity contribution in [1.82, 2.24) is 5.32 Å². The maximum atomic E-state index is 13.2. The Hall–Kier alpha value is -3.20. The number of ether oxygens (including phenoxy) is 1. The van der Waals surface area contributed by atoms with Crippen molar-refractivity contribution in [3.05, 3.63) is 59.7 Å². The highest BCUT2D eigenvalue weighted by molar-refractivity contribution is 5.92. The molecule has 1 unspecified atom stereocenters. The van der Waals surface area contributed by atoms with Crippen LogP contribution in [0.1, 0.15) is 24.8 Å². The summed E-state index contributed by atoms with van der Waals surface area (Å²) in [5.74, 6) is -2.05. The maximum Gasteiger partial charge on any atom is 0.326 e. The Morgan fingerprint density at radius 3 is 2.31 bits per heavy atom. The summed E-state index contributed by atoms with van der Waals surface area (Å²) in [6, 6.07) is 7.75. The van der Waals surface area contributed by atoms with Crippen molar-refractivity contribution >= 4 is 17.7 Å². The van der Waals surface area contributed by atoms with Crippen LogP contribution in [0.4, 0.5) is 19.3 Å². The molecule has 156 valence electrons. The average Bonchev–Trinajstić information content (AvgIpc) is 2.66. The molecule has 9 heteroatoms. The quantitative estimate of drug-likeness (QED) is 0.452. The first-order chi connectivity index (χ1) is 13.9. The van der Waals surface area contributed by atoms with Crippen LogP contribution in [0.25, 0.3) is 0 Å². The molecule has 0 spiro atoms. The molecule has 0 heterocycles. The lowest BCUT2D eigenvalue weighted by Gasteiger charge is -2.15. The molecule has 0 aliphatic heterocycles. The van der Waals surface area contributed by atoms with Gasteiger partial charge >= 0.3 is 12.0 Å². The number of halogens is 2. The number of aliphatic carboxylic acids is 1. The lowest BCUT2D eigenvalue weighted by molar-refractivity contribution is -0.139. The average molecular weight is 407 g/mol. The van der Waals surface area contributed by atoms with Crippen molar-refractivity contribution in [2.75, 3.05) is 11.9 Å². The van der Waals surface area contributed by atoms with Crippen LogP contribution in [-0.2, 0) is 11.4 Å². The second-order valence-corrected chi connectivity index (χ2v) is 6.36. The number of benzene rings is 2. The molecule has 5 N–H and O–H groups in total. The summed E-state index contributed by atoms with van der Waals surface area (Å²) in [5.41, 5.74) is 6.16. The van der Waals surface area contributed by atoms with E-state index >= 15 is 0 Å². The first-order valence-corrected chi connectivity index (χ1v) is 9.05. The smallest absolute Gasteiger partial charge is 0.326 e. The van der Waals surface area contributed by atoms with E-state index in [1.54, 1.807) is 24.3 Å². The first-order valence-electron chi connectivity index (χ1n) is 9.05. The number of carboxylic acid groups (broad SMARTS) is 1. The van der Waals surface area contributed by atoms with E-state index in [-0.39, 0.29) is 13.0 Å². The van der Waals surface area contributed by atoms with E-state index < -0.39 is 29.7 Å². The van der Waals surface area contributed by atoms with E-state index in [1.807, 2.05) is 0 Å². The van der Waals surface area contributed by atoms with E-state index in [0.29, 0.717) is 36.4 Å². The molecule has 2 rings (SSSR count). The predicted molar refractivity (Wildman–Crippen MR) is 104 cm³/mol. The van der Waals surface area contributed by atoms with Gasteiger partial charge in [-0.1, -0.05) is 0 Å². The molecule has 0 fully saturated rings. The van der Waals surface area contributed by atoms with Crippen LogP contribution in [-0.4, -0.2) is 29.7 Å². The summed E-state index contributed by atoms with van der Waals surface area (Å²) < 4.78 is 31.8. The van der Waals surface area contributed by atoms with Gasteiger partial charge in [-0.2, -0.15) is 0 Å². The zero-order valence-corrected chi connectivity index (χ0v) is 15.7. The minimum Gasteiger partial charge on any atom is -0.489 e. The fourth-order valence-corrected chi connectivity index (χ4v) is 2.57. The summed E-state index contributed by atoms with van der Waals surface area (Å²) in [4.78, 5) is 23.2. The summed E-state index contributed by atoms with van der Waals surface area (Å²) in [6.45, 7) is 0.437. The van der Waals surface area contributed by atoms with Crippen molar-refractivity contribution < 1.29 is 28.2 Å². The largest absolute Gasteiger partial charge is 0.489 e. The highest BCUT2D eigenvalue weighted by atomic mass is 19.1. The maximum absolute atomic E-state index is 13.2. The zero-order valence-electron chi connectivity index (χ0n) is 15.7. The number of amides is 2. The molecule has 2 aromatic carbocycles. The number of rotatable bonds is 10. The fourth-order valence-electron chi connectivity index (χ4n) is 2.57. The van der Waals surface area contributed by atoms with Gasteiger partial charge in [-0.05, 0) is 67.8 Å². The van der Waals surface area contributed by atoms with Crippen LogP contribution in [0.15, 0.2) is 42.5 Å². The number of hydrogen-bond acceptors (Lipinski definition) is 4. The van der Waals surface area contributed by atoms with E-state index in [4.69, 9.17) is 10.5 Å². The van der Waals surface area contributed by atoms with Gasteiger partial charge in [0.2, 0.25) is 0 Å². The minimum absolute atomic E-state index is 0.0228. The molecule has 2 amide bonds. The Labute approximate surface area is 166 Å². The number of carboxylic acids is 1. The monoisotopic (exact) mass is 407 g/mol. The topological polar surface area (TPSA) is 114 Å². The van der Waals surface area contributed by atoms with Gasteiger partial charge in [-0.3, -0.25) is 0 Å². The number of hydrogen-bond donors (Lipinski definition) is 4. The summed E-state index contributed by atoms with van der Waals surface area (Å²) >= 11 is 0. The van der Waals surface area contributed by atoms with Crippen molar-refractivity contribution in [3.8, 4) is 5.75 Å². The molecule has 2 aromatic rings. The normalized spacial score (nSPS) is 11.6. The van der Waals surface area contributed by atoms with Crippen LogP contribution in [0, 0.1) is 11.6 Å². The van der Waals surface area contributed by atoms with Crippen LogP contribution in [0.5, 0.6) is 5.75 Å². The molecule has 0 saturated carbocycles. The van der Waals surface area contributed by atoms with Gasteiger partial charge in [0, 0.05) is 11.8 Å². The predicted octanol–water partition coefficient (Wildman–Crippen LogP) is 3.25. The lowest BCUT2D eigenvalue weighted by atomic mass is 10.1. The SMILES string of the molecule is NCCCCC(NC(=O)Nc1ccc(OCc2cc(F)cc(F)c2)cc1)C(=O)O.